The number of nitrogens with one attached hydrogen (secondary N) is 2. The molecule has 1 atom stereocenters. The average molecular weight is 244 g/mol. The summed E-state index contributed by atoms with van der Waals surface area (Å²) in [5.41, 5.74) is 0. The van der Waals surface area contributed by atoms with Crippen LogP contribution in [0.5, 0.6) is 0 Å². The second-order valence-electron chi connectivity index (χ2n) is 4.22. The number of hydrogen-bond donors (Lipinski definition) is 3. The molecule has 0 aromatic carbocycles. The van der Waals surface area contributed by atoms with Crippen molar-refractivity contribution in [3.8, 4) is 0 Å². The molecule has 1 aliphatic rings. The maximum Gasteiger partial charge on any atom is 0.314 e. The van der Waals surface area contributed by atoms with Gasteiger partial charge in [0.15, 0.2) is 0 Å². The molecule has 6 nitrogen and oxygen atoms in total. The van der Waals surface area contributed by atoms with E-state index in [2.05, 4.69) is 10.6 Å². The van der Waals surface area contributed by atoms with Gasteiger partial charge in [0.2, 0.25) is 0 Å². The van der Waals surface area contributed by atoms with E-state index in [1.54, 1.807) is 0 Å². The van der Waals surface area contributed by atoms with Crippen molar-refractivity contribution in [2.24, 2.45) is 5.92 Å². The van der Waals surface area contributed by atoms with E-state index in [1.807, 2.05) is 0 Å². The first kappa shape index (κ1) is 13.8. The molecule has 2 amide bonds. The minimum absolute atomic E-state index is 0.0801. The van der Waals surface area contributed by atoms with Gasteiger partial charge in [-0.3, -0.25) is 4.79 Å². The van der Waals surface area contributed by atoms with Crippen LogP contribution in [-0.4, -0.2) is 43.4 Å². The summed E-state index contributed by atoms with van der Waals surface area (Å²) in [5, 5.41) is 13.8. The van der Waals surface area contributed by atoms with Crippen molar-refractivity contribution in [1.82, 2.24) is 10.6 Å². The smallest absolute Gasteiger partial charge is 0.314 e. The third kappa shape index (κ3) is 6.78. The molecule has 1 aliphatic heterocycles. The summed E-state index contributed by atoms with van der Waals surface area (Å²) >= 11 is 0. The monoisotopic (exact) mass is 244 g/mol. The van der Waals surface area contributed by atoms with Gasteiger partial charge in [-0.15, -0.1) is 0 Å². The van der Waals surface area contributed by atoms with Crippen LogP contribution < -0.4 is 10.6 Å². The zero-order valence-electron chi connectivity index (χ0n) is 9.91. The van der Waals surface area contributed by atoms with E-state index in [9.17, 15) is 9.59 Å². The van der Waals surface area contributed by atoms with Crippen molar-refractivity contribution in [3.63, 3.8) is 0 Å². The average Bonchev–Trinajstić information content (AvgIpc) is 2.33. The molecule has 1 heterocycles. The van der Waals surface area contributed by atoms with Crippen molar-refractivity contribution in [1.29, 1.82) is 0 Å². The van der Waals surface area contributed by atoms with E-state index in [0.29, 0.717) is 32.0 Å². The molecule has 17 heavy (non-hydrogen) atoms. The van der Waals surface area contributed by atoms with Crippen LogP contribution in [0.2, 0.25) is 0 Å². The summed E-state index contributed by atoms with van der Waals surface area (Å²) in [7, 11) is 0. The standard InChI is InChI=1S/C11H20N2O4/c14-10(15)4-1-5-12-11(16)13-7-9-3-2-6-17-8-9/h9H,1-8H2,(H,14,15)(H2,12,13,16). The van der Waals surface area contributed by atoms with E-state index in [-0.39, 0.29) is 12.5 Å². The van der Waals surface area contributed by atoms with E-state index in [4.69, 9.17) is 9.84 Å². The number of carboxylic acid groups (broad SMARTS) is 1. The third-order valence-electron chi connectivity index (χ3n) is 2.66. The Bertz CT molecular complexity index is 252. The van der Waals surface area contributed by atoms with Crippen molar-refractivity contribution in [2.75, 3.05) is 26.3 Å². The van der Waals surface area contributed by atoms with Gasteiger partial charge in [0.25, 0.3) is 0 Å². The molecule has 3 N–H and O–H groups in total. The minimum Gasteiger partial charge on any atom is -0.481 e. The van der Waals surface area contributed by atoms with Crippen molar-refractivity contribution in [2.45, 2.75) is 25.7 Å². The van der Waals surface area contributed by atoms with E-state index in [1.165, 1.54) is 0 Å². The Morgan fingerprint density at radius 1 is 1.35 bits per heavy atom. The fraction of sp³-hybridized carbons (Fsp3) is 0.818. The quantitative estimate of drug-likeness (QED) is 0.596. The first-order valence-electron chi connectivity index (χ1n) is 5.99. The number of rotatable bonds is 6. The first-order chi connectivity index (χ1) is 8.18. The zero-order valence-corrected chi connectivity index (χ0v) is 9.91. The number of carboxylic acids is 1. The summed E-state index contributed by atoms with van der Waals surface area (Å²) in [5.74, 6) is -0.444. The van der Waals surface area contributed by atoms with E-state index >= 15 is 0 Å². The van der Waals surface area contributed by atoms with Crippen LogP contribution in [0.25, 0.3) is 0 Å². The number of carbonyl (C=O) groups is 2. The van der Waals surface area contributed by atoms with Crippen molar-refractivity contribution < 1.29 is 19.4 Å². The molecule has 0 spiro atoms. The number of ether oxygens (including phenoxy) is 1. The fourth-order valence-electron chi connectivity index (χ4n) is 1.71. The maximum atomic E-state index is 11.3. The summed E-state index contributed by atoms with van der Waals surface area (Å²) in [6, 6.07) is -0.235. The zero-order chi connectivity index (χ0) is 12.5. The molecule has 98 valence electrons. The second kappa shape index (κ2) is 7.89. The number of hydrogen-bond acceptors (Lipinski definition) is 3. The summed E-state index contributed by atoms with van der Waals surface area (Å²) in [6.45, 7) is 2.53. The Labute approximate surface area is 101 Å². The molecule has 0 radical (unpaired) electrons. The summed E-state index contributed by atoms with van der Waals surface area (Å²) < 4.78 is 5.30. The molecular formula is C11H20N2O4. The third-order valence-corrected chi connectivity index (χ3v) is 2.66. The Hall–Kier alpha value is -1.30. The molecule has 0 aliphatic carbocycles. The Balaban J connectivity index is 1.98. The maximum absolute atomic E-state index is 11.3. The van der Waals surface area contributed by atoms with Crippen LogP contribution in [-0.2, 0) is 9.53 Å². The lowest BCUT2D eigenvalue weighted by atomic mass is 10.0. The lowest BCUT2D eigenvalue weighted by Crippen LogP contribution is -2.40. The van der Waals surface area contributed by atoms with Gasteiger partial charge in [0.05, 0.1) is 6.61 Å². The lowest BCUT2D eigenvalue weighted by molar-refractivity contribution is -0.137. The molecule has 0 saturated carbocycles. The van der Waals surface area contributed by atoms with Gasteiger partial charge < -0.3 is 20.5 Å². The SMILES string of the molecule is O=C(O)CCCNC(=O)NCC1CCCOC1. The highest BCUT2D eigenvalue weighted by molar-refractivity contribution is 5.73. The molecule has 6 heteroatoms. The van der Waals surface area contributed by atoms with Crippen LogP contribution in [0.3, 0.4) is 0 Å². The van der Waals surface area contributed by atoms with Crippen molar-refractivity contribution >= 4 is 12.0 Å². The van der Waals surface area contributed by atoms with Crippen LogP contribution in [0.4, 0.5) is 4.79 Å². The highest BCUT2D eigenvalue weighted by atomic mass is 16.5. The first-order valence-corrected chi connectivity index (χ1v) is 5.99. The molecular weight excluding hydrogens is 224 g/mol. The number of amides is 2. The Morgan fingerprint density at radius 3 is 2.82 bits per heavy atom. The Kier molecular flexibility index (Phi) is 6.39. The van der Waals surface area contributed by atoms with Gasteiger partial charge in [-0.25, -0.2) is 4.79 Å². The largest absolute Gasteiger partial charge is 0.481 e. The second-order valence-corrected chi connectivity index (χ2v) is 4.22. The molecule has 0 aromatic heterocycles. The highest BCUT2D eigenvalue weighted by Gasteiger charge is 2.14. The van der Waals surface area contributed by atoms with Crippen LogP contribution in [0, 0.1) is 5.92 Å². The predicted molar refractivity (Wildman–Crippen MR) is 61.8 cm³/mol. The Morgan fingerprint density at radius 2 is 2.18 bits per heavy atom. The van der Waals surface area contributed by atoms with Gasteiger partial charge in [0.1, 0.15) is 0 Å². The van der Waals surface area contributed by atoms with Gasteiger partial charge in [-0.05, 0) is 25.2 Å². The molecule has 0 aromatic rings. The van der Waals surface area contributed by atoms with Gasteiger partial charge in [-0.1, -0.05) is 0 Å². The highest BCUT2D eigenvalue weighted by Crippen LogP contribution is 2.11. The molecule has 0 bridgehead atoms. The number of carbonyl (C=O) groups excluding carboxylic acids is 1. The fourth-order valence-corrected chi connectivity index (χ4v) is 1.71. The van der Waals surface area contributed by atoms with Crippen LogP contribution in [0.15, 0.2) is 0 Å². The molecule has 1 unspecified atom stereocenters. The topological polar surface area (TPSA) is 87.7 Å². The molecule has 1 rings (SSSR count). The molecule has 1 fully saturated rings. The molecule has 1 saturated heterocycles. The summed E-state index contributed by atoms with van der Waals surface area (Å²) in [4.78, 5) is 21.6. The van der Waals surface area contributed by atoms with E-state index in [0.717, 1.165) is 19.4 Å². The van der Waals surface area contributed by atoms with Gasteiger partial charge in [0, 0.05) is 26.1 Å². The van der Waals surface area contributed by atoms with E-state index < -0.39 is 5.97 Å². The van der Waals surface area contributed by atoms with Crippen LogP contribution in [0.1, 0.15) is 25.7 Å². The lowest BCUT2D eigenvalue weighted by Gasteiger charge is -2.22. The van der Waals surface area contributed by atoms with Crippen molar-refractivity contribution in [3.05, 3.63) is 0 Å². The predicted octanol–water partition coefficient (Wildman–Crippen LogP) is 0.577. The van der Waals surface area contributed by atoms with Gasteiger partial charge in [-0.2, -0.15) is 0 Å². The van der Waals surface area contributed by atoms with Gasteiger partial charge >= 0.3 is 12.0 Å². The number of urea groups is 1. The summed E-state index contributed by atoms with van der Waals surface area (Å²) in [6.07, 6.45) is 2.66. The van der Waals surface area contributed by atoms with Crippen LogP contribution >= 0.6 is 0 Å². The minimum atomic E-state index is -0.841. The normalized spacial score (nSPS) is 19.6. The number of aliphatic carboxylic acids is 1.